The Morgan fingerprint density at radius 3 is 2.89 bits per heavy atom. The lowest BCUT2D eigenvalue weighted by atomic mass is 10.1. The molecule has 1 saturated carbocycles. The van der Waals surface area contributed by atoms with Crippen molar-refractivity contribution in [1.29, 1.82) is 5.26 Å². The van der Waals surface area contributed by atoms with Crippen molar-refractivity contribution < 1.29 is 9.21 Å². The van der Waals surface area contributed by atoms with Crippen molar-refractivity contribution in [2.24, 2.45) is 11.1 Å². The van der Waals surface area contributed by atoms with E-state index in [4.69, 9.17) is 15.4 Å². The van der Waals surface area contributed by atoms with Gasteiger partial charge in [0, 0.05) is 13.1 Å². The summed E-state index contributed by atoms with van der Waals surface area (Å²) < 4.78 is 5.25. The number of nitrogens with two attached hydrogens (primary N) is 1. The highest BCUT2D eigenvalue weighted by atomic mass is 16.3. The molecule has 1 amide bonds. The van der Waals surface area contributed by atoms with Gasteiger partial charge in [-0.25, -0.2) is 0 Å². The molecule has 5 heteroatoms. The van der Waals surface area contributed by atoms with E-state index < -0.39 is 0 Å². The summed E-state index contributed by atoms with van der Waals surface area (Å²) in [5.41, 5.74) is 5.30. The molecule has 1 aromatic rings. The Balaban J connectivity index is 2.05. The SMILES string of the molecule is N#CCCN(Cc1ccco1)C(=O)C1(CN)CC1. The van der Waals surface area contributed by atoms with Crippen LogP contribution in [0.4, 0.5) is 0 Å². The van der Waals surface area contributed by atoms with E-state index >= 15 is 0 Å². The predicted octanol–water partition coefficient (Wildman–Crippen LogP) is 1.26. The van der Waals surface area contributed by atoms with Gasteiger partial charge in [-0.15, -0.1) is 0 Å². The summed E-state index contributed by atoms with van der Waals surface area (Å²) in [5, 5.41) is 8.66. The number of nitrogens with zero attached hydrogens (tertiary/aromatic N) is 2. The quantitative estimate of drug-likeness (QED) is 0.820. The number of furan rings is 1. The molecular formula is C13H17N3O2. The first-order chi connectivity index (χ1) is 8.72. The fraction of sp³-hybridized carbons (Fsp3) is 0.538. The maximum atomic E-state index is 12.4. The van der Waals surface area contributed by atoms with Gasteiger partial charge in [0.15, 0.2) is 0 Å². The number of rotatable bonds is 6. The molecule has 0 atom stereocenters. The zero-order valence-corrected chi connectivity index (χ0v) is 10.3. The van der Waals surface area contributed by atoms with Crippen molar-refractivity contribution in [2.75, 3.05) is 13.1 Å². The first kappa shape index (κ1) is 12.7. The monoisotopic (exact) mass is 247 g/mol. The maximum Gasteiger partial charge on any atom is 0.230 e. The summed E-state index contributed by atoms with van der Waals surface area (Å²) in [7, 11) is 0. The summed E-state index contributed by atoms with van der Waals surface area (Å²) in [6.07, 6.45) is 3.61. The molecule has 5 nitrogen and oxygen atoms in total. The zero-order valence-electron chi connectivity index (χ0n) is 10.3. The lowest BCUT2D eigenvalue weighted by Crippen LogP contribution is -2.40. The molecule has 2 N–H and O–H groups in total. The minimum absolute atomic E-state index is 0.0525. The fourth-order valence-electron chi connectivity index (χ4n) is 2.02. The third-order valence-electron chi connectivity index (χ3n) is 3.41. The molecule has 0 aliphatic heterocycles. The first-order valence-corrected chi connectivity index (χ1v) is 6.10. The predicted molar refractivity (Wildman–Crippen MR) is 65.1 cm³/mol. The van der Waals surface area contributed by atoms with E-state index in [1.54, 1.807) is 17.2 Å². The van der Waals surface area contributed by atoms with Crippen LogP contribution in [0, 0.1) is 16.7 Å². The second-order valence-corrected chi connectivity index (χ2v) is 4.70. The van der Waals surface area contributed by atoms with Gasteiger partial charge in [0.05, 0.1) is 30.7 Å². The summed E-state index contributed by atoms with van der Waals surface area (Å²) in [5.74, 6) is 0.783. The van der Waals surface area contributed by atoms with Gasteiger partial charge in [0.1, 0.15) is 5.76 Å². The normalized spacial score (nSPS) is 16.0. The number of hydrogen-bond acceptors (Lipinski definition) is 4. The van der Waals surface area contributed by atoms with Crippen LogP contribution in [0.25, 0.3) is 0 Å². The van der Waals surface area contributed by atoms with Crippen molar-refractivity contribution in [3.05, 3.63) is 24.2 Å². The largest absolute Gasteiger partial charge is 0.467 e. The highest BCUT2D eigenvalue weighted by Crippen LogP contribution is 2.46. The second-order valence-electron chi connectivity index (χ2n) is 4.70. The van der Waals surface area contributed by atoms with Gasteiger partial charge < -0.3 is 15.1 Å². The average molecular weight is 247 g/mol. The Bertz CT molecular complexity index is 443. The number of carbonyl (C=O) groups is 1. The highest BCUT2D eigenvalue weighted by Gasteiger charge is 2.50. The van der Waals surface area contributed by atoms with E-state index in [9.17, 15) is 4.79 Å². The zero-order chi connectivity index (χ0) is 13.0. The molecule has 1 aliphatic rings. The molecule has 0 spiro atoms. The maximum absolute atomic E-state index is 12.4. The summed E-state index contributed by atoms with van der Waals surface area (Å²) in [6.45, 7) is 1.22. The minimum atomic E-state index is -0.373. The van der Waals surface area contributed by atoms with E-state index in [1.807, 2.05) is 6.07 Å². The van der Waals surface area contributed by atoms with Gasteiger partial charge in [-0.1, -0.05) is 0 Å². The van der Waals surface area contributed by atoms with E-state index in [2.05, 4.69) is 6.07 Å². The van der Waals surface area contributed by atoms with Crippen LogP contribution in [0.15, 0.2) is 22.8 Å². The minimum Gasteiger partial charge on any atom is -0.467 e. The highest BCUT2D eigenvalue weighted by molar-refractivity contribution is 5.85. The van der Waals surface area contributed by atoms with Gasteiger partial charge in [0.25, 0.3) is 0 Å². The summed E-state index contributed by atoms with van der Waals surface area (Å²) in [6, 6.07) is 5.68. The fourth-order valence-corrected chi connectivity index (χ4v) is 2.02. The number of hydrogen-bond donors (Lipinski definition) is 1. The Morgan fingerprint density at radius 1 is 1.61 bits per heavy atom. The molecule has 96 valence electrons. The van der Waals surface area contributed by atoms with Crippen molar-refractivity contribution in [3.63, 3.8) is 0 Å². The van der Waals surface area contributed by atoms with Crippen LogP contribution in [-0.2, 0) is 11.3 Å². The molecule has 0 bridgehead atoms. The molecule has 1 fully saturated rings. The van der Waals surface area contributed by atoms with E-state index in [-0.39, 0.29) is 11.3 Å². The molecule has 1 aliphatic carbocycles. The van der Waals surface area contributed by atoms with E-state index in [0.717, 1.165) is 18.6 Å². The lowest BCUT2D eigenvalue weighted by molar-refractivity contribution is -0.137. The van der Waals surface area contributed by atoms with Gasteiger partial charge in [-0.05, 0) is 25.0 Å². The van der Waals surface area contributed by atoms with Crippen LogP contribution in [0.1, 0.15) is 25.0 Å². The van der Waals surface area contributed by atoms with Crippen LogP contribution >= 0.6 is 0 Å². The Kier molecular flexibility index (Phi) is 3.68. The molecular weight excluding hydrogens is 230 g/mol. The standard InChI is InChI=1S/C13H17N3O2/c14-6-2-7-16(9-11-3-1-8-18-11)12(17)13(10-15)4-5-13/h1,3,8H,2,4-5,7,9-10,15H2. The Morgan fingerprint density at radius 2 is 2.39 bits per heavy atom. The average Bonchev–Trinajstić information content (AvgIpc) is 3.03. The van der Waals surface area contributed by atoms with Crippen LogP contribution in [-0.4, -0.2) is 23.9 Å². The lowest BCUT2D eigenvalue weighted by Gasteiger charge is -2.25. The number of carbonyl (C=O) groups excluding carboxylic acids is 1. The van der Waals surface area contributed by atoms with Gasteiger partial charge in [-0.2, -0.15) is 5.26 Å². The molecule has 0 saturated heterocycles. The van der Waals surface area contributed by atoms with E-state index in [0.29, 0.717) is 26.1 Å². The van der Waals surface area contributed by atoms with Crippen molar-refractivity contribution in [3.8, 4) is 6.07 Å². The number of amides is 1. The molecule has 18 heavy (non-hydrogen) atoms. The molecule has 0 unspecified atom stereocenters. The van der Waals surface area contributed by atoms with Gasteiger partial charge in [0.2, 0.25) is 5.91 Å². The summed E-state index contributed by atoms with van der Waals surface area (Å²) in [4.78, 5) is 14.1. The third-order valence-corrected chi connectivity index (χ3v) is 3.41. The van der Waals surface area contributed by atoms with Crippen LogP contribution in [0.3, 0.4) is 0 Å². The molecule has 1 heterocycles. The van der Waals surface area contributed by atoms with Crippen LogP contribution in [0.5, 0.6) is 0 Å². The number of nitriles is 1. The van der Waals surface area contributed by atoms with Crippen molar-refractivity contribution in [1.82, 2.24) is 4.90 Å². The van der Waals surface area contributed by atoms with Gasteiger partial charge >= 0.3 is 0 Å². The van der Waals surface area contributed by atoms with Crippen molar-refractivity contribution >= 4 is 5.91 Å². The molecule has 0 aromatic carbocycles. The second kappa shape index (κ2) is 5.23. The van der Waals surface area contributed by atoms with Crippen LogP contribution < -0.4 is 5.73 Å². The first-order valence-electron chi connectivity index (χ1n) is 6.10. The summed E-state index contributed by atoms with van der Waals surface area (Å²) >= 11 is 0. The molecule has 1 aromatic heterocycles. The van der Waals surface area contributed by atoms with E-state index in [1.165, 1.54) is 0 Å². The topological polar surface area (TPSA) is 83.3 Å². The molecule has 0 radical (unpaired) electrons. The molecule has 2 rings (SSSR count). The smallest absolute Gasteiger partial charge is 0.230 e. The Hall–Kier alpha value is -1.80. The third kappa shape index (κ3) is 2.54. The van der Waals surface area contributed by atoms with Crippen molar-refractivity contribution in [2.45, 2.75) is 25.8 Å². The van der Waals surface area contributed by atoms with Crippen LogP contribution in [0.2, 0.25) is 0 Å². The Labute approximate surface area is 106 Å². The van der Waals surface area contributed by atoms with Gasteiger partial charge in [-0.3, -0.25) is 4.79 Å².